The molecule has 0 N–H and O–H groups in total. The van der Waals surface area contributed by atoms with E-state index in [1.165, 1.54) is 6.07 Å². The summed E-state index contributed by atoms with van der Waals surface area (Å²) >= 11 is 0. The van der Waals surface area contributed by atoms with E-state index >= 15 is 0 Å². The van der Waals surface area contributed by atoms with E-state index in [9.17, 15) is 22.8 Å². The molecule has 2 rings (SSSR count). The Bertz CT molecular complexity index is 561. The van der Waals surface area contributed by atoms with Crippen molar-refractivity contribution < 1.29 is 27.5 Å². The van der Waals surface area contributed by atoms with E-state index in [1.807, 2.05) is 0 Å². The molecule has 102 valence electrons. The first kappa shape index (κ1) is 13.6. The summed E-state index contributed by atoms with van der Waals surface area (Å²) in [7, 11) is 0. The Labute approximate surface area is 107 Å². The predicted octanol–water partition coefficient (Wildman–Crippen LogP) is 2.63. The van der Waals surface area contributed by atoms with Crippen molar-refractivity contribution in [1.29, 1.82) is 0 Å². The van der Waals surface area contributed by atoms with Crippen LogP contribution in [0.5, 0.6) is 5.75 Å². The summed E-state index contributed by atoms with van der Waals surface area (Å²) in [5.74, 6) is -4.40. The predicted molar refractivity (Wildman–Crippen MR) is 60.3 cm³/mol. The van der Waals surface area contributed by atoms with Crippen LogP contribution in [0, 0.1) is 19.8 Å². The molecule has 1 heterocycles. The van der Waals surface area contributed by atoms with Crippen LogP contribution in [0.25, 0.3) is 0 Å². The van der Waals surface area contributed by atoms with Gasteiger partial charge in [0, 0.05) is 0 Å². The lowest BCUT2D eigenvalue weighted by atomic mass is 9.89. The highest BCUT2D eigenvalue weighted by Gasteiger charge is 2.48. The van der Waals surface area contributed by atoms with Crippen LogP contribution in [0.1, 0.15) is 21.5 Å². The van der Waals surface area contributed by atoms with Gasteiger partial charge in [0.25, 0.3) is 5.78 Å². The largest absolute Gasteiger partial charge is 0.491 e. The molecule has 3 nitrogen and oxygen atoms in total. The van der Waals surface area contributed by atoms with E-state index in [4.69, 9.17) is 4.74 Å². The first-order chi connectivity index (χ1) is 8.73. The number of alkyl halides is 3. The third-order valence-electron chi connectivity index (χ3n) is 3.25. The minimum atomic E-state index is -5.03. The van der Waals surface area contributed by atoms with Crippen molar-refractivity contribution >= 4 is 11.6 Å². The Hall–Kier alpha value is -1.85. The molecule has 0 saturated heterocycles. The minimum absolute atomic E-state index is 0.0388. The van der Waals surface area contributed by atoms with E-state index in [-0.39, 0.29) is 11.3 Å². The lowest BCUT2D eigenvalue weighted by molar-refractivity contribution is -0.174. The number of carbonyl (C=O) groups is 2. The van der Waals surface area contributed by atoms with Gasteiger partial charge in [-0.15, -0.1) is 0 Å². The highest BCUT2D eigenvalue weighted by molar-refractivity contribution is 6.14. The van der Waals surface area contributed by atoms with Gasteiger partial charge in [0.1, 0.15) is 18.3 Å². The molecule has 1 atom stereocenters. The average molecular weight is 272 g/mol. The van der Waals surface area contributed by atoms with Crippen LogP contribution in [0.2, 0.25) is 0 Å². The van der Waals surface area contributed by atoms with E-state index in [1.54, 1.807) is 19.9 Å². The molecule has 0 amide bonds. The van der Waals surface area contributed by atoms with Crippen LogP contribution in [-0.2, 0) is 4.79 Å². The summed E-state index contributed by atoms with van der Waals surface area (Å²) in [6, 6.07) is 3.02. The summed E-state index contributed by atoms with van der Waals surface area (Å²) in [6.45, 7) is 2.96. The maximum atomic E-state index is 12.4. The van der Waals surface area contributed by atoms with Gasteiger partial charge in [-0.05, 0) is 31.0 Å². The zero-order chi connectivity index (χ0) is 14.4. The summed E-state index contributed by atoms with van der Waals surface area (Å²) in [5, 5.41) is 0. The Morgan fingerprint density at radius 1 is 1.32 bits per heavy atom. The number of benzene rings is 1. The standard InChI is InChI=1S/C13H11F3O3/c1-6-3-4-8-10(17)9(12(18)13(14,15)16)5-19-11(8)7(6)2/h3-4,9H,5H2,1-2H3. The molecule has 6 heteroatoms. The summed E-state index contributed by atoms with van der Waals surface area (Å²) < 4.78 is 42.3. The van der Waals surface area contributed by atoms with Gasteiger partial charge < -0.3 is 4.74 Å². The van der Waals surface area contributed by atoms with E-state index < -0.39 is 30.3 Å². The Kier molecular flexibility index (Phi) is 3.12. The second-order valence-corrected chi connectivity index (χ2v) is 4.47. The monoisotopic (exact) mass is 272 g/mol. The van der Waals surface area contributed by atoms with Crippen LogP contribution < -0.4 is 4.74 Å². The topological polar surface area (TPSA) is 43.4 Å². The minimum Gasteiger partial charge on any atom is -0.491 e. The fraction of sp³-hybridized carbons (Fsp3) is 0.385. The van der Waals surface area contributed by atoms with Gasteiger partial charge in [0.15, 0.2) is 5.78 Å². The molecule has 1 aliphatic heterocycles. The Morgan fingerprint density at radius 2 is 1.95 bits per heavy atom. The summed E-state index contributed by atoms with van der Waals surface area (Å²) in [6.07, 6.45) is -5.03. The molecule has 0 spiro atoms. The highest BCUT2D eigenvalue weighted by Crippen LogP contribution is 2.34. The first-order valence-corrected chi connectivity index (χ1v) is 5.61. The molecule has 1 unspecified atom stereocenters. The lowest BCUT2D eigenvalue weighted by Gasteiger charge is -2.25. The normalized spacial score (nSPS) is 18.8. The fourth-order valence-corrected chi connectivity index (χ4v) is 1.99. The maximum absolute atomic E-state index is 12.4. The molecule has 19 heavy (non-hydrogen) atoms. The van der Waals surface area contributed by atoms with Crippen LogP contribution in [0.3, 0.4) is 0 Å². The van der Waals surface area contributed by atoms with Crippen LogP contribution in [-0.4, -0.2) is 24.3 Å². The molecule has 0 fully saturated rings. The number of hydrogen-bond acceptors (Lipinski definition) is 3. The fourth-order valence-electron chi connectivity index (χ4n) is 1.99. The van der Waals surface area contributed by atoms with Crippen molar-refractivity contribution in [1.82, 2.24) is 0 Å². The van der Waals surface area contributed by atoms with Gasteiger partial charge in [0.2, 0.25) is 0 Å². The lowest BCUT2D eigenvalue weighted by Crippen LogP contribution is -2.41. The van der Waals surface area contributed by atoms with Gasteiger partial charge in [-0.1, -0.05) is 6.07 Å². The number of carbonyl (C=O) groups excluding carboxylic acids is 2. The number of fused-ring (bicyclic) bond motifs is 1. The second kappa shape index (κ2) is 4.36. The SMILES string of the molecule is Cc1ccc2c(c1C)OCC(C(=O)C(F)(F)F)C2=O. The molecule has 0 aromatic heterocycles. The number of Topliss-reactive ketones (excluding diaryl/α,β-unsaturated/α-hetero) is 2. The van der Waals surface area contributed by atoms with Crippen molar-refractivity contribution in [2.24, 2.45) is 5.92 Å². The van der Waals surface area contributed by atoms with E-state index in [2.05, 4.69) is 0 Å². The van der Waals surface area contributed by atoms with Crippen LogP contribution in [0.4, 0.5) is 13.2 Å². The van der Waals surface area contributed by atoms with E-state index in [0.717, 1.165) is 5.56 Å². The number of ether oxygens (including phenoxy) is 1. The molecular formula is C13H11F3O3. The molecule has 0 radical (unpaired) electrons. The molecule has 1 aliphatic rings. The average Bonchev–Trinajstić information content (AvgIpc) is 2.32. The maximum Gasteiger partial charge on any atom is 0.450 e. The second-order valence-electron chi connectivity index (χ2n) is 4.47. The van der Waals surface area contributed by atoms with Gasteiger partial charge in [-0.2, -0.15) is 13.2 Å². The number of hydrogen-bond donors (Lipinski definition) is 0. The molecule has 1 aromatic carbocycles. The molecule has 0 bridgehead atoms. The third kappa shape index (κ3) is 2.22. The van der Waals surface area contributed by atoms with Gasteiger partial charge in [-0.25, -0.2) is 0 Å². The summed E-state index contributed by atoms with van der Waals surface area (Å²) in [4.78, 5) is 23.1. The van der Waals surface area contributed by atoms with Crippen molar-refractivity contribution in [3.05, 3.63) is 28.8 Å². The zero-order valence-corrected chi connectivity index (χ0v) is 10.3. The quantitative estimate of drug-likeness (QED) is 0.738. The summed E-state index contributed by atoms with van der Waals surface area (Å²) in [5.41, 5.74) is 1.60. The van der Waals surface area contributed by atoms with Crippen LogP contribution >= 0.6 is 0 Å². The zero-order valence-electron chi connectivity index (χ0n) is 10.3. The Balaban J connectivity index is 2.41. The number of ketones is 2. The van der Waals surface area contributed by atoms with Crippen molar-refractivity contribution in [2.45, 2.75) is 20.0 Å². The molecular weight excluding hydrogens is 261 g/mol. The molecule has 0 aliphatic carbocycles. The third-order valence-corrected chi connectivity index (χ3v) is 3.25. The van der Waals surface area contributed by atoms with Crippen molar-refractivity contribution in [2.75, 3.05) is 6.61 Å². The smallest absolute Gasteiger partial charge is 0.450 e. The number of aryl methyl sites for hydroxylation is 1. The Morgan fingerprint density at radius 3 is 2.53 bits per heavy atom. The van der Waals surface area contributed by atoms with Crippen LogP contribution in [0.15, 0.2) is 12.1 Å². The van der Waals surface area contributed by atoms with Gasteiger partial charge >= 0.3 is 6.18 Å². The van der Waals surface area contributed by atoms with E-state index in [0.29, 0.717) is 5.56 Å². The highest BCUT2D eigenvalue weighted by atomic mass is 19.4. The first-order valence-electron chi connectivity index (χ1n) is 5.61. The molecule has 1 aromatic rings. The van der Waals surface area contributed by atoms with Gasteiger partial charge in [-0.3, -0.25) is 9.59 Å². The molecule has 0 saturated carbocycles. The number of halogens is 3. The van der Waals surface area contributed by atoms with Crippen molar-refractivity contribution in [3.8, 4) is 5.75 Å². The number of rotatable bonds is 1. The van der Waals surface area contributed by atoms with Gasteiger partial charge in [0.05, 0.1) is 5.56 Å². The van der Waals surface area contributed by atoms with Crippen molar-refractivity contribution in [3.63, 3.8) is 0 Å².